The van der Waals surface area contributed by atoms with E-state index in [9.17, 15) is 0 Å². The Bertz CT molecular complexity index is 603. The molecule has 1 aromatic heterocycles. The fraction of sp³-hybridized carbons (Fsp3) is 0.762. The molecule has 3 heterocycles. The highest BCUT2D eigenvalue weighted by atomic mass is 127. The topological polar surface area (TPSA) is 55.4 Å². The first kappa shape index (κ1) is 25.8. The van der Waals surface area contributed by atoms with E-state index < -0.39 is 0 Å². The average Bonchev–Trinajstić information content (AvgIpc) is 3.27. The largest absolute Gasteiger partial charge is 0.379 e. The van der Waals surface area contributed by atoms with E-state index in [4.69, 9.17) is 4.74 Å². The summed E-state index contributed by atoms with van der Waals surface area (Å²) in [7, 11) is 4.06. The maximum atomic E-state index is 5.55. The first-order chi connectivity index (χ1) is 14.2. The van der Waals surface area contributed by atoms with Crippen LogP contribution < -0.4 is 10.6 Å². The van der Waals surface area contributed by atoms with Crippen LogP contribution in [0.5, 0.6) is 0 Å². The van der Waals surface area contributed by atoms with E-state index in [1.165, 1.54) is 31.1 Å². The third-order valence-electron chi connectivity index (χ3n) is 5.83. The van der Waals surface area contributed by atoms with E-state index in [0.717, 1.165) is 51.9 Å². The minimum atomic E-state index is 0. The lowest BCUT2D eigenvalue weighted by atomic mass is 10.1. The van der Waals surface area contributed by atoms with Gasteiger partial charge >= 0.3 is 0 Å². The van der Waals surface area contributed by atoms with Crippen molar-refractivity contribution in [3.8, 4) is 0 Å². The van der Waals surface area contributed by atoms with Gasteiger partial charge in [-0.1, -0.05) is 13.0 Å². The molecule has 172 valence electrons. The van der Waals surface area contributed by atoms with Crippen LogP contribution in [0.25, 0.3) is 0 Å². The van der Waals surface area contributed by atoms with Crippen LogP contribution in [-0.2, 0) is 4.74 Å². The summed E-state index contributed by atoms with van der Waals surface area (Å²) >= 11 is 1.83. The summed E-state index contributed by atoms with van der Waals surface area (Å²) in [5.74, 6) is 1.48. The van der Waals surface area contributed by atoms with Crippen LogP contribution in [0.4, 0.5) is 0 Å². The Morgan fingerprint density at radius 2 is 1.83 bits per heavy atom. The lowest BCUT2D eigenvalue weighted by Gasteiger charge is -2.35. The number of thiophene rings is 1. The summed E-state index contributed by atoms with van der Waals surface area (Å²) in [4.78, 5) is 13.4. The highest BCUT2D eigenvalue weighted by molar-refractivity contribution is 14.0. The molecule has 3 rings (SSSR count). The van der Waals surface area contributed by atoms with E-state index >= 15 is 0 Å². The predicted octanol–water partition coefficient (Wildman–Crippen LogP) is 1.79. The molecule has 2 aliphatic rings. The molecule has 2 saturated heterocycles. The highest BCUT2D eigenvalue weighted by Gasteiger charge is 2.24. The summed E-state index contributed by atoms with van der Waals surface area (Å²) < 4.78 is 5.55. The average molecular weight is 551 g/mol. The summed E-state index contributed by atoms with van der Waals surface area (Å²) in [6.07, 6.45) is 0. The second-order valence-electron chi connectivity index (χ2n) is 8.22. The Kier molecular flexibility index (Phi) is 11.9. The van der Waals surface area contributed by atoms with Crippen molar-refractivity contribution in [2.75, 3.05) is 86.2 Å². The zero-order chi connectivity index (χ0) is 20.5. The molecule has 2 atom stereocenters. The third-order valence-corrected chi connectivity index (χ3v) is 6.80. The molecule has 30 heavy (non-hydrogen) atoms. The van der Waals surface area contributed by atoms with E-state index in [-0.39, 0.29) is 24.0 Å². The van der Waals surface area contributed by atoms with Crippen molar-refractivity contribution in [1.29, 1.82) is 0 Å². The standard InChI is InChI=1S/C21H38N6OS.HI/c1-18(17-26-8-6-25(3)7-9-26)15-23-21(22-2)24-16-19(20-5-4-14-29-20)27-10-12-28-13-11-27;/h4-5,14,18-19H,6-13,15-17H2,1-3H3,(H2,22,23,24);1H. The fourth-order valence-electron chi connectivity index (χ4n) is 4.00. The van der Waals surface area contributed by atoms with Crippen molar-refractivity contribution in [1.82, 2.24) is 25.3 Å². The second kappa shape index (κ2) is 13.8. The number of rotatable bonds is 8. The van der Waals surface area contributed by atoms with Crippen molar-refractivity contribution < 1.29 is 4.74 Å². The van der Waals surface area contributed by atoms with Gasteiger partial charge in [-0.2, -0.15) is 0 Å². The molecule has 0 spiro atoms. The molecule has 2 fully saturated rings. The fourth-order valence-corrected chi connectivity index (χ4v) is 4.86. The first-order valence-electron chi connectivity index (χ1n) is 10.9. The Morgan fingerprint density at radius 3 is 2.47 bits per heavy atom. The molecule has 2 aliphatic heterocycles. The molecule has 0 bridgehead atoms. The van der Waals surface area contributed by atoms with E-state index in [1.807, 2.05) is 18.4 Å². The lowest BCUT2D eigenvalue weighted by Crippen LogP contribution is -2.48. The van der Waals surface area contributed by atoms with Crippen LogP contribution >= 0.6 is 35.3 Å². The van der Waals surface area contributed by atoms with Gasteiger partial charge in [-0.05, 0) is 24.4 Å². The van der Waals surface area contributed by atoms with Crippen LogP contribution in [0.3, 0.4) is 0 Å². The van der Waals surface area contributed by atoms with Gasteiger partial charge in [-0.3, -0.25) is 9.89 Å². The number of hydrogen-bond acceptors (Lipinski definition) is 6. The monoisotopic (exact) mass is 550 g/mol. The quantitative estimate of drug-likeness (QED) is 0.293. The SMILES string of the molecule is CN=C(NCC(C)CN1CCN(C)CC1)NCC(c1cccs1)N1CCOCC1.I. The zero-order valence-corrected chi connectivity index (χ0v) is 21.8. The van der Waals surface area contributed by atoms with Crippen LogP contribution in [0.2, 0.25) is 0 Å². The third kappa shape index (κ3) is 8.23. The number of morpholine rings is 1. The van der Waals surface area contributed by atoms with Gasteiger partial charge in [-0.15, -0.1) is 35.3 Å². The van der Waals surface area contributed by atoms with Gasteiger partial charge in [0.05, 0.1) is 19.3 Å². The molecular formula is C21H39IN6OS. The summed E-state index contributed by atoms with van der Waals surface area (Å²) in [6.45, 7) is 13.6. The molecule has 1 aromatic rings. The number of aliphatic imine (C=N–C) groups is 1. The number of nitrogens with zero attached hydrogens (tertiary/aromatic N) is 4. The van der Waals surface area contributed by atoms with Crippen molar-refractivity contribution in [2.24, 2.45) is 10.9 Å². The number of halogens is 1. The van der Waals surface area contributed by atoms with Crippen LogP contribution in [0.1, 0.15) is 17.8 Å². The minimum Gasteiger partial charge on any atom is -0.379 e. The summed E-state index contributed by atoms with van der Waals surface area (Å²) in [6, 6.07) is 4.74. The number of ether oxygens (including phenoxy) is 1. The molecule has 2 N–H and O–H groups in total. The van der Waals surface area contributed by atoms with Crippen molar-refractivity contribution in [2.45, 2.75) is 13.0 Å². The Hall–Kier alpha value is -0.460. The van der Waals surface area contributed by atoms with E-state index in [1.54, 1.807) is 0 Å². The van der Waals surface area contributed by atoms with Gasteiger partial charge in [0.25, 0.3) is 0 Å². The van der Waals surface area contributed by atoms with Gasteiger partial charge in [0.15, 0.2) is 5.96 Å². The second-order valence-corrected chi connectivity index (χ2v) is 9.20. The van der Waals surface area contributed by atoms with Gasteiger partial charge < -0.3 is 25.2 Å². The number of nitrogens with one attached hydrogen (secondary N) is 2. The lowest BCUT2D eigenvalue weighted by molar-refractivity contribution is 0.0177. The van der Waals surface area contributed by atoms with Crippen LogP contribution in [0.15, 0.2) is 22.5 Å². The molecule has 2 unspecified atom stereocenters. The van der Waals surface area contributed by atoms with E-state index in [2.05, 4.69) is 61.8 Å². The normalized spacial score (nSPS) is 21.6. The molecule has 0 radical (unpaired) electrons. The van der Waals surface area contributed by atoms with E-state index in [0.29, 0.717) is 12.0 Å². The molecule has 0 aliphatic carbocycles. The smallest absolute Gasteiger partial charge is 0.191 e. The van der Waals surface area contributed by atoms with Crippen LogP contribution in [0, 0.1) is 5.92 Å². The minimum absolute atomic E-state index is 0. The number of likely N-dealkylation sites (N-methyl/N-ethyl adjacent to an activating group) is 1. The van der Waals surface area contributed by atoms with Gasteiger partial charge in [0.2, 0.25) is 0 Å². The van der Waals surface area contributed by atoms with Crippen molar-refractivity contribution >= 4 is 41.3 Å². The molecular weight excluding hydrogens is 511 g/mol. The summed E-state index contributed by atoms with van der Waals surface area (Å²) in [5, 5.41) is 9.26. The van der Waals surface area contributed by atoms with Gasteiger partial charge in [0, 0.05) is 70.8 Å². The van der Waals surface area contributed by atoms with Gasteiger partial charge in [-0.25, -0.2) is 0 Å². The van der Waals surface area contributed by atoms with Crippen molar-refractivity contribution in [3.05, 3.63) is 22.4 Å². The number of guanidine groups is 1. The van der Waals surface area contributed by atoms with Gasteiger partial charge in [0.1, 0.15) is 0 Å². The number of hydrogen-bond donors (Lipinski definition) is 2. The molecule has 0 amide bonds. The Labute approximate surface area is 203 Å². The maximum absolute atomic E-state index is 5.55. The Balaban J connectivity index is 0.00000320. The highest BCUT2D eigenvalue weighted by Crippen LogP contribution is 2.25. The Morgan fingerprint density at radius 1 is 1.13 bits per heavy atom. The number of piperazine rings is 1. The van der Waals surface area contributed by atoms with Crippen LogP contribution in [-0.4, -0.2) is 107 Å². The zero-order valence-electron chi connectivity index (χ0n) is 18.7. The molecule has 0 aromatic carbocycles. The summed E-state index contributed by atoms with van der Waals surface area (Å²) in [5.41, 5.74) is 0. The molecule has 0 saturated carbocycles. The molecule has 7 nitrogen and oxygen atoms in total. The van der Waals surface area contributed by atoms with Crippen molar-refractivity contribution in [3.63, 3.8) is 0 Å². The first-order valence-corrected chi connectivity index (χ1v) is 11.7. The predicted molar refractivity (Wildman–Crippen MR) is 137 cm³/mol. The molecule has 9 heteroatoms. The maximum Gasteiger partial charge on any atom is 0.191 e.